The van der Waals surface area contributed by atoms with Crippen LogP contribution in [-0.4, -0.2) is 15.6 Å². The number of rotatable bonds is 3. The van der Waals surface area contributed by atoms with E-state index in [-0.39, 0.29) is 5.76 Å². The Labute approximate surface area is 97.5 Å². The molecule has 0 bridgehead atoms. The van der Waals surface area contributed by atoms with Crippen LogP contribution in [0.4, 0.5) is 0 Å². The minimum absolute atomic E-state index is 0.0503. The van der Waals surface area contributed by atoms with Gasteiger partial charge in [0.1, 0.15) is 17.5 Å². The van der Waals surface area contributed by atoms with Crippen LogP contribution < -0.4 is 0 Å². The maximum absolute atomic E-state index is 10.8. The Kier molecular flexibility index (Phi) is 2.71. The topological polar surface area (TPSA) is 79.2 Å². The van der Waals surface area contributed by atoms with Crippen LogP contribution in [0.15, 0.2) is 28.8 Å². The van der Waals surface area contributed by atoms with Gasteiger partial charge in [0.25, 0.3) is 0 Å². The van der Waals surface area contributed by atoms with Gasteiger partial charge in [-0.05, 0) is 25.1 Å². The van der Waals surface area contributed by atoms with Gasteiger partial charge in [0, 0.05) is 11.8 Å². The van der Waals surface area contributed by atoms with Crippen molar-refractivity contribution in [2.24, 2.45) is 0 Å². The van der Waals surface area contributed by atoms with Gasteiger partial charge in [0.05, 0.1) is 6.54 Å². The molecule has 17 heavy (non-hydrogen) atoms. The molecule has 0 amide bonds. The third kappa shape index (κ3) is 2.06. The van der Waals surface area contributed by atoms with Crippen LogP contribution in [0.1, 0.15) is 27.6 Å². The molecule has 2 heterocycles. The number of aromatic nitrogens is 1. The number of hydrogen-bond donors (Lipinski definition) is 1. The summed E-state index contributed by atoms with van der Waals surface area (Å²) in [5.74, 6) is -0.611. The molecule has 0 aliphatic carbocycles. The quantitative estimate of drug-likeness (QED) is 0.874. The second-order valence-corrected chi connectivity index (χ2v) is 3.66. The highest BCUT2D eigenvalue weighted by Gasteiger charge is 2.14. The highest BCUT2D eigenvalue weighted by Crippen LogP contribution is 2.16. The summed E-state index contributed by atoms with van der Waals surface area (Å²) in [6, 6.07) is 7.16. The van der Waals surface area contributed by atoms with E-state index < -0.39 is 5.97 Å². The van der Waals surface area contributed by atoms with Gasteiger partial charge in [-0.3, -0.25) is 0 Å². The normalized spacial score (nSPS) is 10.1. The first-order chi connectivity index (χ1) is 8.11. The SMILES string of the molecule is Cc1cc(Cn2cccc2C#N)oc1C(=O)O. The van der Waals surface area contributed by atoms with Crippen LogP contribution >= 0.6 is 0 Å². The second-order valence-electron chi connectivity index (χ2n) is 3.66. The minimum Gasteiger partial charge on any atom is -0.475 e. The monoisotopic (exact) mass is 230 g/mol. The maximum atomic E-state index is 10.8. The van der Waals surface area contributed by atoms with E-state index in [0.717, 1.165) is 0 Å². The summed E-state index contributed by atoms with van der Waals surface area (Å²) in [6.45, 7) is 2.03. The van der Waals surface area contributed by atoms with Gasteiger partial charge in [-0.25, -0.2) is 4.79 Å². The molecule has 0 spiro atoms. The molecule has 0 radical (unpaired) electrons. The highest BCUT2D eigenvalue weighted by atomic mass is 16.4. The molecule has 1 N–H and O–H groups in total. The molecule has 5 nitrogen and oxygen atoms in total. The predicted molar refractivity (Wildman–Crippen MR) is 58.7 cm³/mol. The Morgan fingerprint density at radius 1 is 1.65 bits per heavy atom. The first-order valence-electron chi connectivity index (χ1n) is 4.99. The molecule has 0 aromatic carbocycles. The van der Waals surface area contributed by atoms with Crippen LogP contribution in [0, 0.1) is 18.3 Å². The molecule has 0 unspecified atom stereocenters. The van der Waals surface area contributed by atoms with E-state index in [0.29, 0.717) is 23.6 Å². The van der Waals surface area contributed by atoms with Crippen LogP contribution in [0.5, 0.6) is 0 Å². The number of aromatic carboxylic acids is 1. The molecule has 0 aliphatic heterocycles. The summed E-state index contributed by atoms with van der Waals surface area (Å²) in [4.78, 5) is 10.8. The van der Waals surface area contributed by atoms with Crippen LogP contribution in [0.3, 0.4) is 0 Å². The Morgan fingerprint density at radius 3 is 3.00 bits per heavy atom. The van der Waals surface area contributed by atoms with E-state index in [1.807, 2.05) is 6.07 Å². The molecule has 0 aliphatic rings. The fraction of sp³-hybridized carbons (Fsp3) is 0.167. The van der Waals surface area contributed by atoms with Crippen LogP contribution in [-0.2, 0) is 6.54 Å². The van der Waals surface area contributed by atoms with Gasteiger partial charge in [-0.1, -0.05) is 0 Å². The van der Waals surface area contributed by atoms with Crippen molar-refractivity contribution >= 4 is 5.97 Å². The molecule has 0 fully saturated rings. The number of carboxylic acid groups (broad SMARTS) is 1. The molecule has 0 atom stereocenters. The van der Waals surface area contributed by atoms with Gasteiger partial charge < -0.3 is 14.1 Å². The number of hydrogen-bond acceptors (Lipinski definition) is 3. The second kappa shape index (κ2) is 4.18. The smallest absolute Gasteiger partial charge is 0.372 e. The van der Waals surface area contributed by atoms with Crippen molar-refractivity contribution in [1.29, 1.82) is 5.26 Å². The molecule has 86 valence electrons. The number of carbonyl (C=O) groups is 1. The summed E-state index contributed by atoms with van der Waals surface area (Å²) >= 11 is 0. The number of nitrogens with zero attached hydrogens (tertiary/aromatic N) is 2. The number of nitriles is 1. The zero-order chi connectivity index (χ0) is 12.4. The standard InChI is InChI=1S/C12H10N2O3/c1-8-5-10(17-11(8)12(15)16)7-14-4-2-3-9(14)6-13/h2-5H,7H2,1H3,(H,15,16). The lowest BCUT2D eigenvalue weighted by Gasteiger charge is -2.00. The minimum atomic E-state index is -1.08. The maximum Gasteiger partial charge on any atom is 0.372 e. The lowest BCUT2D eigenvalue weighted by Crippen LogP contribution is -1.99. The van der Waals surface area contributed by atoms with Gasteiger partial charge in [0.15, 0.2) is 0 Å². The lowest BCUT2D eigenvalue weighted by molar-refractivity contribution is 0.0659. The summed E-state index contributed by atoms with van der Waals surface area (Å²) in [5.41, 5.74) is 1.09. The third-order valence-electron chi connectivity index (χ3n) is 2.43. The number of carboxylic acids is 1. The molecule has 0 saturated heterocycles. The largest absolute Gasteiger partial charge is 0.475 e. The van der Waals surface area contributed by atoms with E-state index in [1.54, 1.807) is 35.9 Å². The van der Waals surface area contributed by atoms with E-state index in [2.05, 4.69) is 0 Å². The van der Waals surface area contributed by atoms with Gasteiger partial charge in [0.2, 0.25) is 5.76 Å². The van der Waals surface area contributed by atoms with Crippen molar-refractivity contribution < 1.29 is 14.3 Å². The number of furan rings is 1. The van der Waals surface area contributed by atoms with Crippen molar-refractivity contribution in [3.05, 3.63) is 47.2 Å². The fourth-order valence-electron chi connectivity index (χ4n) is 1.66. The highest BCUT2D eigenvalue weighted by molar-refractivity contribution is 5.86. The molecule has 5 heteroatoms. The first-order valence-corrected chi connectivity index (χ1v) is 4.99. The molecular weight excluding hydrogens is 220 g/mol. The van der Waals surface area contributed by atoms with E-state index in [1.165, 1.54) is 0 Å². The zero-order valence-electron chi connectivity index (χ0n) is 9.17. The summed E-state index contributed by atoms with van der Waals surface area (Å²) in [6.07, 6.45) is 1.75. The molecule has 2 aromatic heterocycles. The van der Waals surface area contributed by atoms with Crippen LogP contribution in [0.25, 0.3) is 0 Å². The average molecular weight is 230 g/mol. The molecular formula is C12H10N2O3. The fourth-order valence-corrected chi connectivity index (χ4v) is 1.66. The van der Waals surface area contributed by atoms with Gasteiger partial charge >= 0.3 is 5.97 Å². The summed E-state index contributed by atoms with van der Waals surface area (Å²) in [5, 5.41) is 17.7. The van der Waals surface area contributed by atoms with Crippen molar-refractivity contribution in [3.63, 3.8) is 0 Å². The first kappa shape index (κ1) is 11.0. The third-order valence-corrected chi connectivity index (χ3v) is 2.43. The average Bonchev–Trinajstić information content (AvgIpc) is 2.85. The predicted octanol–water partition coefficient (Wildman–Crippen LogP) is 2.01. The Hall–Kier alpha value is -2.48. The summed E-state index contributed by atoms with van der Waals surface area (Å²) in [7, 11) is 0. The van der Waals surface area contributed by atoms with Crippen LogP contribution in [0.2, 0.25) is 0 Å². The van der Waals surface area contributed by atoms with Crippen molar-refractivity contribution in [2.75, 3.05) is 0 Å². The van der Waals surface area contributed by atoms with E-state index in [4.69, 9.17) is 14.8 Å². The molecule has 0 saturated carbocycles. The Balaban J connectivity index is 2.29. The lowest BCUT2D eigenvalue weighted by atomic mass is 10.2. The van der Waals surface area contributed by atoms with Crippen molar-refractivity contribution in [2.45, 2.75) is 13.5 Å². The molecule has 2 rings (SSSR count). The molecule has 2 aromatic rings. The Bertz CT molecular complexity index is 602. The van der Waals surface area contributed by atoms with Crippen molar-refractivity contribution in [3.8, 4) is 6.07 Å². The van der Waals surface area contributed by atoms with E-state index >= 15 is 0 Å². The van der Waals surface area contributed by atoms with Gasteiger partial charge in [-0.2, -0.15) is 5.26 Å². The number of aryl methyl sites for hydroxylation is 1. The summed E-state index contributed by atoms with van der Waals surface area (Å²) < 4.78 is 6.92. The van der Waals surface area contributed by atoms with E-state index in [9.17, 15) is 4.79 Å². The van der Waals surface area contributed by atoms with Crippen molar-refractivity contribution in [1.82, 2.24) is 4.57 Å². The Morgan fingerprint density at radius 2 is 2.41 bits per heavy atom. The van der Waals surface area contributed by atoms with Gasteiger partial charge in [-0.15, -0.1) is 0 Å². The zero-order valence-corrected chi connectivity index (χ0v) is 9.17.